The molecule has 0 amide bonds. The summed E-state index contributed by atoms with van der Waals surface area (Å²) in [4.78, 5) is 11.5. The van der Waals surface area contributed by atoms with E-state index < -0.39 is 6.10 Å². The van der Waals surface area contributed by atoms with Gasteiger partial charge in [-0.25, -0.2) is 4.79 Å². The van der Waals surface area contributed by atoms with Gasteiger partial charge in [-0.2, -0.15) is 0 Å². The molecule has 1 heterocycles. The van der Waals surface area contributed by atoms with Gasteiger partial charge in [-0.15, -0.1) is 0 Å². The van der Waals surface area contributed by atoms with Crippen LogP contribution in [0.2, 0.25) is 0 Å². The van der Waals surface area contributed by atoms with E-state index >= 15 is 0 Å². The van der Waals surface area contributed by atoms with Gasteiger partial charge in [-0.3, -0.25) is 4.57 Å². The molecule has 4 nitrogen and oxygen atoms in total. The van der Waals surface area contributed by atoms with E-state index in [9.17, 15) is 9.90 Å². The van der Waals surface area contributed by atoms with Gasteiger partial charge in [-0.05, 0) is 36.5 Å². The van der Waals surface area contributed by atoms with Crippen molar-refractivity contribution in [3.05, 3.63) is 34.3 Å². The van der Waals surface area contributed by atoms with Gasteiger partial charge in [0, 0.05) is 7.05 Å². The number of rotatable bonds is 2. The Labute approximate surface area is 124 Å². The minimum absolute atomic E-state index is 0.318. The molecule has 3 rings (SSSR count). The van der Waals surface area contributed by atoms with Crippen LogP contribution in [-0.4, -0.2) is 9.67 Å². The Morgan fingerprint density at radius 2 is 1.86 bits per heavy atom. The third-order valence-corrected chi connectivity index (χ3v) is 4.75. The molecule has 0 radical (unpaired) electrons. The van der Waals surface area contributed by atoms with Crippen LogP contribution in [0.5, 0.6) is 0 Å². The summed E-state index contributed by atoms with van der Waals surface area (Å²) in [6.45, 7) is 0. The maximum absolute atomic E-state index is 11.5. The van der Waals surface area contributed by atoms with Crippen molar-refractivity contribution in [1.29, 1.82) is 0 Å². The van der Waals surface area contributed by atoms with Crippen LogP contribution in [0.15, 0.2) is 27.4 Å². The molecule has 1 aliphatic rings. The smallest absolute Gasteiger partial charge is 0.408 e. The molecular weight excluding hydrogens is 266 g/mol. The van der Waals surface area contributed by atoms with Crippen molar-refractivity contribution in [2.45, 2.75) is 51.0 Å². The van der Waals surface area contributed by atoms with Crippen molar-refractivity contribution in [3.8, 4) is 0 Å². The number of aryl methyl sites for hydroxylation is 1. The lowest BCUT2D eigenvalue weighted by Crippen LogP contribution is -2.14. The number of aliphatic hydroxyl groups excluding tert-OH is 1. The SMILES string of the molecule is Cn1c(=O)oc2cc(C(O)C3CCCCCCC3)ccc21. The first-order valence-electron chi connectivity index (χ1n) is 7.94. The summed E-state index contributed by atoms with van der Waals surface area (Å²) >= 11 is 0. The first kappa shape index (κ1) is 14.4. The Bertz CT molecular complexity index is 662. The second-order valence-corrected chi connectivity index (χ2v) is 6.20. The van der Waals surface area contributed by atoms with Crippen LogP contribution in [0.3, 0.4) is 0 Å². The maximum Gasteiger partial charge on any atom is 0.419 e. The minimum Gasteiger partial charge on any atom is -0.408 e. The van der Waals surface area contributed by atoms with E-state index in [1.165, 1.54) is 36.7 Å². The van der Waals surface area contributed by atoms with Gasteiger partial charge in [-0.1, -0.05) is 38.2 Å². The van der Waals surface area contributed by atoms with Gasteiger partial charge in [0.2, 0.25) is 0 Å². The van der Waals surface area contributed by atoms with Crippen LogP contribution in [0, 0.1) is 5.92 Å². The first-order chi connectivity index (χ1) is 10.2. The molecule has 114 valence electrons. The summed E-state index contributed by atoms with van der Waals surface area (Å²) in [5, 5.41) is 10.7. The quantitative estimate of drug-likeness (QED) is 0.920. The summed E-state index contributed by atoms with van der Waals surface area (Å²) < 4.78 is 6.71. The van der Waals surface area contributed by atoms with E-state index in [0.717, 1.165) is 23.9 Å². The summed E-state index contributed by atoms with van der Waals surface area (Å²) in [6.07, 6.45) is 7.97. The highest BCUT2D eigenvalue weighted by atomic mass is 16.4. The minimum atomic E-state index is -0.460. The highest BCUT2D eigenvalue weighted by molar-refractivity contribution is 5.73. The van der Waals surface area contributed by atoms with Crippen LogP contribution in [-0.2, 0) is 7.05 Å². The largest absolute Gasteiger partial charge is 0.419 e. The second kappa shape index (κ2) is 6.06. The van der Waals surface area contributed by atoms with Crippen molar-refractivity contribution >= 4 is 11.1 Å². The summed E-state index contributed by atoms with van der Waals surface area (Å²) in [5.74, 6) is -0.0409. The molecule has 0 saturated heterocycles. The molecule has 1 aromatic heterocycles. The molecule has 0 spiro atoms. The van der Waals surface area contributed by atoms with E-state index in [0.29, 0.717) is 11.5 Å². The van der Waals surface area contributed by atoms with Gasteiger partial charge in [0.1, 0.15) is 0 Å². The standard InChI is InChI=1S/C17H23NO3/c1-18-14-10-9-13(11-15(14)21-17(18)20)16(19)12-7-5-3-2-4-6-8-12/h9-12,16,19H,2-8H2,1H3. The summed E-state index contributed by atoms with van der Waals surface area (Å²) in [5.41, 5.74) is 2.20. The molecular formula is C17H23NO3. The molecule has 1 unspecified atom stereocenters. The fraction of sp³-hybridized carbons (Fsp3) is 0.588. The lowest BCUT2D eigenvalue weighted by Gasteiger charge is -2.25. The van der Waals surface area contributed by atoms with Gasteiger partial charge in [0.15, 0.2) is 5.58 Å². The van der Waals surface area contributed by atoms with Gasteiger partial charge in [0.25, 0.3) is 0 Å². The third-order valence-electron chi connectivity index (χ3n) is 4.75. The average Bonchev–Trinajstić information content (AvgIpc) is 2.73. The van der Waals surface area contributed by atoms with E-state index in [4.69, 9.17) is 4.42 Å². The molecule has 1 fully saturated rings. The topological polar surface area (TPSA) is 55.4 Å². The lowest BCUT2D eigenvalue weighted by atomic mass is 9.84. The molecule has 0 bridgehead atoms. The van der Waals surface area contributed by atoms with E-state index in [2.05, 4.69) is 0 Å². The van der Waals surface area contributed by atoms with Gasteiger partial charge >= 0.3 is 5.76 Å². The average molecular weight is 289 g/mol. The molecule has 1 saturated carbocycles. The van der Waals surface area contributed by atoms with Crippen molar-refractivity contribution in [1.82, 2.24) is 4.57 Å². The Hall–Kier alpha value is -1.55. The Balaban J connectivity index is 1.86. The molecule has 1 aliphatic carbocycles. The third kappa shape index (κ3) is 2.91. The highest BCUT2D eigenvalue weighted by Crippen LogP contribution is 2.33. The zero-order chi connectivity index (χ0) is 14.8. The predicted molar refractivity (Wildman–Crippen MR) is 82.2 cm³/mol. The number of benzene rings is 1. The highest BCUT2D eigenvalue weighted by Gasteiger charge is 2.22. The molecule has 1 atom stereocenters. The zero-order valence-electron chi connectivity index (χ0n) is 12.5. The number of hydrogen-bond donors (Lipinski definition) is 1. The van der Waals surface area contributed by atoms with E-state index in [1.54, 1.807) is 7.05 Å². The first-order valence-corrected chi connectivity index (χ1v) is 7.94. The zero-order valence-corrected chi connectivity index (χ0v) is 12.5. The van der Waals surface area contributed by atoms with Crippen molar-refractivity contribution in [2.24, 2.45) is 13.0 Å². The summed E-state index contributed by atoms with van der Waals surface area (Å²) in [7, 11) is 1.69. The van der Waals surface area contributed by atoms with Crippen LogP contribution < -0.4 is 5.76 Å². The van der Waals surface area contributed by atoms with Crippen LogP contribution in [0.4, 0.5) is 0 Å². The van der Waals surface area contributed by atoms with Crippen molar-refractivity contribution < 1.29 is 9.52 Å². The monoisotopic (exact) mass is 289 g/mol. The molecule has 0 aliphatic heterocycles. The normalized spacial score (nSPS) is 19.3. The predicted octanol–water partition coefficient (Wildman–Crippen LogP) is 3.53. The lowest BCUT2D eigenvalue weighted by molar-refractivity contribution is 0.0913. The van der Waals surface area contributed by atoms with Crippen LogP contribution >= 0.6 is 0 Å². The maximum atomic E-state index is 11.5. The van der Waals surface area contributed by atoms with Crippen LogP contribution in [0.25, 0.3) is 11.1 Å². The van der Waals surface area contributed by atoms with E-state index in [1.807, 2.05) is 18.2 Å². The summed E-state index contributed by atoms with van der Waals surface area (Å²) in [6, 6.07) is 5.60. The van der Waals surface area contributed by atoms with Crippen molar-refractivity contribution in [3.63, 3.8) is 0 Å². The molecule has 1 aromatic carbocycles. The van der Waals surface area contributed by atoms with Crippen molar-refractivity contribution in [2.75, 3.05) is 0 Å². The van der Waals surface area contributed by atoms with Gasteiger partial charge in [0.05, 0.1) is 11.6 Å². The number of nitrogens with zero attached hydrogens (tertiary/aromatic N) is 1. The number of fused-ring (bicyclic) bond motifs is 1. The van der Waals surface area contributed by atoms with Crippen LogP contribution in [0.1, 0.15) is 56.6 Å². The van der Waals surface area contributed by atoms with E-state index in [-0.39, 0.29) is 5.76 Å². The second-order valence-electron chi connectivity index (χ2n) is 6.20. The fourth-order valence-corrected chi connectivity index (χ4v) is 3.41. The Kier molecular flexibility index (Phi) is 4.15. The number of aliphatic hydroxyl groups is 1. The number of oxazole rings is 1. The Morgan fingerprint density at radius 1 is 1.19 bits per heavy atom. The number of hydrogen-bond acceptors (Lipinski definition) is 3. The molecule has 4 heteroatoms. The molecule has 21 heavy (non-hydrogen) atoms. The molecule has 1 N–H and O–H groups in total. The fourth-order valence-electron chi connectivity index (χ4n) is 3.41. The van der Waals surface area contributed by atoms with Gasteiger partial charge < -0.3 is 9.52 Å². The molecule has 2 aromatic rings. The Morgan fingerprint density at radius 3 is 2.57 bits per heavy atom. The number of aromatic nitrogens is 1.